The van der Waals surface area contributed by atoms with E-state index in [1.807, 2.05) is 0 Å². The van der Waals surface area contributed by atoms with Gasteiger partial charge >= 0.3 is 0 Å². The van der Waals surface area contributed by atoms with Crippen molar-refractivity contribution >= 4 is 50.2 Å². The lowest BCUT2D eigenvalue weighted by Crippen LogP contribution is -2.12. The molecule has 0 aliphatic rings. The summed E-state index contributed by atoms with van der Waals surface area (Å²) in [6.07, 6.45) is 0. The van der Waals surface area contributed by atoms with Crippen LogP contribution in [-0.2, 0) is 0 Å². The Morgan fingerprint density at radius 3 is 2.86 bits per heavy atom. The van der Waals surface area contributed by atoms with Gasteiger partial charge in [-0.2, -0.15) is 0 Å². The van der Waals surface area contributed by atoms with Crippen molar-refractivity contribution in [3.05, 3.63) is 57.3 Å². The molecule has 0 fully saturated rings. The van der Waals surface area contributed by atoms with E-state index in [0.717, 1.165) is 0 Å². The lowest BCUT2D eigenvalue weighted by molar-refractivity contribution is 0.102. The molecule has 3 aromatic rings. The Labute approximate surface area is 134 Å². The first kappa shape index (κ1) is 14.1. The minimum atomic E-state index is -0.224. The molecule has 0 saturated heterocycles. The summed E-state index contributed by atoms with van der Waals surface area (Å²) in [6.45, 7) is 1.78. The zero-order valence-electron chi connectivity index (χ0n) is 11.0. The van der Waals surface area contributed by atoms with Gasteiger partial charge in [-0.3, -0.25) is 4.79 Å². The van der Waals surface area contributed by atoms with E-state index >= 15 is 0 Å². The number of carbonyl (C=O) groups excluding carboxylic acids is 1. The number of carbonyl (C=O) groups is 1. The third-order valence-electron chi connectivity index (χ3n) is 2.93. The van der Waals surface area contributed by atoms with Crippen molar-refractivity contribution in [1.29, 1.82) is 0 Å². The number of rotatable bonds is 2. The Balaban J connectivity index is 1.88. The van der Waals surface area contributed by atoms with Crippen LogP contribution in [0.3, 0.4) is 0 Å². The van der Waals surface area contributed by atoms with Gasteiger partial charge in [-0.15, -0.1) is 0 Å². The first-order valence-electron chi connectivity index (χ1n) is 6.16. The van der Waals surface area contributed by atoms with Crippen LogP contribution in [0, 0.1) is 6.92 Å². The van der Waals surface area contributed by atoms with Gasteiger partial charge in [-0.1, -0.05) is 11.6 Å². The van der Waals surface area contributed by atoms with Crippen LogP contribution in [0.2, 0.25) is 5.02 Å². The monoisotopic (exact) mass is 364 g/mol. The van der Waals surface area contributed by atoms with Crippen LogP contribution in [0.25, 0.3) is 11.1 Å². The molecule has 0 spiro atoms. The third kappa shape index (κ3) is 2.94. The summed E-state index contributed by atoms with van der Waals surface area (Å²) < 4.78 is 6.04. The minimum Gasteiger partial charge on any atom is -0.441 e. The maximum atomic E-state index is 12.3. The molecular formula is C15H10BrClN2O2. The summed E-state index contributed by atoms with van der Waals surface area (Å²) in [7, 11) is 0. The van der Waals surface area contributed by atoms with Gasteiger partial charge in [-0.25, -0.2) is 4.98 Å². The number of fused-ring (bicyclic) bond motifs is 1. The molecule has 6 heteroatoms. The third-order valence-corrected chi connectivity index (χ3v) is 3.82. The summed E-state index contributed by atoms with van der Waals surface area (Å²) in [5, 5.41) is 3.39. The molecule has 0 aliphatic carbocycles. The first-order valence-corrected chi connectivity index (χ1v) is 7.33. The summed E-state index contributed by atoms with van der Waals surface area (Å²) in [5.41, 5.74) is 2.57. The number of benzene rings is 2. The number of anilines is 1. The fraction of sp³-hybridized carbons (Fsp3) is 0.0667. The van der Waals surface area contributed by atoms with Gasteiger partial charge in [0.25, 0.3) is 5.91 Å². The van der Waals surface area contributed by atoms with Crippen molar-refractivity contribution in [2.75, 3.05) is 5.32 Å². The van der Waals surface area contributed by atoms with Crippen LogP contribution in [0.4, 0.5) is 5.69 Å². The number of halogens is 2. The van der Waals surface area contributed by atoms with Crippen LogP contribution in [-0.4, -0.2) is 10.9 Å². The van der Waals surface area contributed by atoms with E-state index in [-0.39, 0.29) is 5.91 Å². The Morgan fingerprint density at radius 1 is 1.29 bits per heavy atom. The van der Waals surface area contributed by atoms with E-state index in [2.05, 4.69) is 26.2 Å². The molecule has 0 bridgehead atoms. The highest BCUT2D eigenvalue weighted by Crippen LogP contribution is 2.24. The molecule has 2 aromatic carbocycles. The summed E-state index contributed by atoms with van der Waals surface area (Å²) in [5.74, 6) is 0.368. The fourth-order valence-corrected chi connectivity index (χ4v) is 2.86. The highest BCUT2D eigenvalue weighted by molar-refractivity contribution is 9.10. The quantitative estimate of drug-likeness (QED) is 0.709. The predicted octanol–water partition coefficient (Wildman–Crippen LogP) is 4.80. The Kier molecular flexibility index (Phi) is 3.69. The molecular weight excluding hydrogens is 356 g/mol. The van der Waals surface area contributed by atoms with Crippen molar-refractivity contribution in [3.63, 3.8) is 0 Å². The van der Waals surface area contributed by atoms with E-state index in [1.54, 1.807) is 43.3 Å². The van der Waals surface area contributed by atoms with E-state index in [0.29, 0.717) is 37.7 Å². The maximum absolute atomic E-state index is 12.3. The normalized spacial score (nSPS) is 10.8. The molecule has 1 amide bonds. The van der Waals surface area contributed by atoms with Crippen molar-refractivity contribution in [2.24, 2.45) is 0 Å². The van der Waals surface area contributed by atoms with Gasteiger partial charge < -0.3 is 9.73 Å². The molecule has 1 N–H and O–H groups in total. The Bertz CT molecular complexity index is 845. The molecule has 4 nitrogen and oxygen atoms in total. The SMILES string of the molecule is Cc1nc2cc(NC(=O)c3ccc(Cl)cc3Br)ccc2o1. The van der Waals surface area contributed by atoms with Gasteiger partial charge in [0.1, 0.15) is 5.52 Å². The van der Waals surface area contributed by atoms with E-state index in [4.69, 9.17) is 16.0 Å². The van der Waals surface area contributed by atoms with Crippen LogP contribution in [0.15, 0.2) is 45.3 Å². The molecule has 0 aliphatic heterocycles. The van der Waals surface area contributed by atoms with Gasteiger partial charge in [0.05, 0.1) is 5.56 Å². The van der Waals surface area contributed by atoms with E-state index in [1.165, 1.54) is 0 Å². The molecule has 0 radical (unpaired) electrons. The smallest absolute Gasteiger partial charge is 0.256 e. The highest BCUT2D eigenvalue weighted by Gasteiger charge is 2.11. The molecule has 3 rings (SSSR count). The number of nitrogens with zero attached hydrogens (tertiary/aromatic N) is 1. The zero-order chi connectivity index (χ0) is 15.0. The lowest BCUT2D eigenvalue weighted by atomic mass is 10.2. The number of oxazole rings is 1. The molecule has 106 valence electrons. The first-order chi connectivity index (χ1) is 10.0. The summed E-state index contributed by atoms with van der Waals surface area (Å²) >= 11 is 9.20. The van der Waals surface area contributed by atoms with Gasteiger partial charge in [0, 0.05) is 22.1 Å². The largest absolute Gasteiger partial charge is 0.441 e. The van der Waals surface area contributed by atoms with Crippen molar-refractivity contribution < 1.29 is 9.21 Å². The molecule has 0 unspecified atom stereocenters. The van der Waals surface area contributed by atoms with Crippen molar-refractivity contribution in [1.82, 2.24) is 4.98 Å². The van der Waals surface area contributed by atoms with Crippen LogP contribution in [0.1, 0.15) is 16.2 Å². The topological polar surface area (TPSA) is 55.1 Å². The Morgan fingerprint density at radius 2 is 2.10 bits per heavy atom. The minimum absolute atomic E-state index is 0.224. The molecule has 1 aromatic heterocycles. The second-order valence-electron chi connectivity index (χ2n) is 4.49. The van der Waals surface area contributed by atoms with Gasteiger partial charge in [0.2, 0.25) is 0 Å². The number of hydrogen-bond donors (Lipinski definition) is 1. The number of hydrogen-bond acceptors (Lipinski definition) is 3. The average molecular weight is 366 g/mol. The van der Waals surface area contributed by atoms with E-state index in [9.17, 15) is 4.79 Å². The average Bonchev–Trinajstić information content (AvgIpc) is 2.77. The number of amides is 1. The molecule has 0 saturated carbocycles. The lowest BCUT2D eigenvalue weighted by Gasteiger charge is -2.07. The number of nitrogens with one attached hydrogen (secondary N) is 1. The van der Waals surface area contributed by atoms with Crippen LogP contribution < -0.4 is 5.32 Å². The highest BCUT2D eigenvalue weighted by atomic mass is 79.9. The van der Waals surface area contributed by atoms with Gasteiger partial charge in [-0.05, 0) is 52.3 Å². The molecule has 21 heavy (non-hydrogen) atoms. The van der Waals surface area contributed by atoms with Gasteiger partial charge in [0.15, 0.2) is 11.5 Å². The standard InChI is InChI=1S/C15H10BrClN2O2/c1-8-18-13-7-10(3-5-14(13)21-8)19-15(20)11-4-2-9(17)6-12(11)16/h2-7H,1H3,(H,19,20). The number of aromatic nitrogens is 1. The second-order valence-corrected chi connectivity index (χ2v) is 5.78. The van der Waals surface area contributed by atoms with Crippen molar-refractivity contribution in [2.45, 2.75) is 6.92 Å². The Hall–Kier alpha value is -1.85. The summed E-state index contributed by atoms with van der Waals surface area (Å²) in [6, 6.07) is 10.3. The van der Waals surface area contributed by atoms with Crippen molar-refractivity contribution in [3.8, 4) is 0 Å². The maximum Gasteiger partial charge on any atom is 0.256 e. The van der Waals surface area contributed by atoms with E-state index < -0.39 is 0 Å². The molecule has 1 heterocycles. The van der Waals surface area contributed by atoms with Crippen LogP contribution >= 0.6 is 27.5 Å². The number of aryl methyl sites for hydroxylation is 1. The summed E-state index contributed by atoms with van der Waals surface area (Å²) in [4.78, 5) is 16.5. The fourth-order valence-electron chi connectivity index (χ4n) is 1.99. The second kappa shape index (κ2) is 5.50. The zero-order valence-corrected chi connectivity index (χ0v) is 13.3. The molecule has 0 atom stereocenters. The predicted molar refractivity (Wildman–Crippen MR) is 85.9 cm³/mol. The van der Waals surface area contributed by atoms with Crippen LogP contribution in [0.5, 0.6) is 0 Å².